The maximum absolute atomic E-state index is 12.9. The van der Waals surface area contributed by atoms with Gasteiger partial charge in [0, 0.05) is 25.7 Å². The lowest BCUT2D eigenvalue weighted by molar-refractivity contribution is -0.161. The third-order valence-corrected chi connectivity index (χ3v) is 15.7. The molecule has 0 aromatic rings. The number of hydrogen-bond acceptors (Lipinski definition) is 15. The molecule has 3 N–H and O–H groups in total. The van der Waals surface area contributed by atoms with Gasteiger partial charge in [0.25, 0.3) is 0 Å². The van der Waals surface area contributed by atoms with Crippen LogP contribution in [0.2, 0.25) is 0 Å². The van der Waals surface area contributed by atoms with Gasteiger partial charge in [-0.15, -0.1) is 0 Å². The van der Waals surface area contributed by atoms with Crippen LogP contribution in [-0.4, -0.2) is 96.7 Å². The molecule has 0 spiro atoms. The van der Waals surface area contributed by atoms with Crippen LogP contribution in [0.15, 0.2) is 0 Å². The smallest absolute Gasteiger partial charge is 0.462 e. The maximum Gasteiger partial charge on any atom is 0.472 e. The van der Waals surface area contributed by atoms with Gasteiger partial charge in [0.05, 0.1) is 26.4 Å². The Balaban J connectivity index is 5.17. The van der Waals surface area contributed by atoms with Gasteiger partial charge in [-0.25, -0.2) is 9.13 Å². The van der Waals surface area contributed by atoms with Crippen LogP contribution in [0.4, 0.5) is 0 Å². The van der Waals surface area contributed by atoms with Crippen LogP contribution in [0.5, 0.6) is 0 Å². The minimum atomic E-state index is -4.94. The highest BCUT2D eigenvalue weighted by Crippen LogP contribution is 2.45. The quantitative estimate of drug-likeness (QED) is 0.0222. The first-order valence-corrected chi connectivity index (χ1v) is 34.6. The van der Waals surface area contributed by atoms with Gasteiger partial charge in [-0.1, -0.05) is 247 Å². The fraction of sp³-hybridized carbons (Fsp3) is 0.933. The molecule has 0 rings (SSSR count). The summed E-state index contributed by atoms with van der Waals surface area (Å²) in [5.74, 6) is -1.38. The lowest BCUT2D eigenvalue weighted by Gasteiger charge is -2.21. The number of unbranched alkanes of at least 4 members (excludes halogenated alkanes) is 32. The number of aliphatic hydroxyl groups is 1. The molecule has 0 aliphatic carbocycles. The van der Waals surface area contributed by atoms with Crippen molar-refractivity contribution >= 4 is 39.5 Å². The van der Waals surface area contributed by atoms with Crippen molar-refractivity contribution in [2.24, 2.45) is 5.92 Å². The number of rotatable bonds is 60. The van der Waals surface area contributed by atoms with Crippen LogP contribution in [-0.2, 0) is 65.4 Å². The number of carbonyl (C=O) groups excluding carboxylic acids is 4. The highest BCUT2D eigenvalue weighted by atomic mass is 31.2. The van der Waals surface area contributed by atoms with E-state index in [0.717, 1.165) is 102 Å². The minimum absolute atomic E-state index is 0.105. The Kier molecular flexibility index (Phi) is 52.7. The lowest BCUT2D eigenvalue weighted by Crippen LogP contribution is -2.30. The lowest BCUT2D eigenvalue weighted by atomic mass is 10.0. The van der Waals surface area contributed by atoms with Gasteiger partial charge < -0.3 is 33.8 Å². The fourth-order valence-corrected chi connectivity index (χ4v) is 10.5. The summed E-state index contributed by atoms with van der Waals surface area (Å²) in [6.07, 6.45) is 36.5. The molecule has 0 radical (unpaired) electrons. The monoisotopic (exact) mass is 1170 g/mol. The molecule has 79 heavy (non-hydrogen) atoms. The van der Waals surface area contributed by atoms with Crippen LogP contribution in [0.1, 0.15) is 298 Å². The van der Waals surface area contributed by atoms with Gasteiger partial charge in [0.1, 0.15) is 19.3 Å². The van der Waals surface area contributed by atoms with Gasteiger partial charge in [0.2, 0.25) is 0 Å². The summed E-state index contributed by atoms with van der Waals surface area (Å²) >= 11 is 0. The van der Waals surface area contributed by atoms with E-state index in [1.54, 1.807) is 0 Å². The van der Waals surface area contributed by atoms with Crippen molar-refractivity contribution in [3.63, 3.8) is 0 Å². The van der Waals surface area contributed by atoms with Crippen LogP contribution < -0.4 is 0 Å². The SMILES string of the molecule is CCCCCCCCCCCCC(=O)OC[C@H](COP(=O)(O)OC[C@@H](O)COP(=O)(O)OC[C@@H](COC(=O)CCCCCCC)OC(=O)CCCCCCCCCCCC)OC(=O)CCCCCCCCCCCCCC(C)C. The molecule has 0 fully saturated rings. The highest BCUT2D eigenvalue weighted by Gasteiger charge is 2.30. The van der Waals surface area contributed by atoms with Crippen molar-refractivity contribution in [3.05, 3.63) is 0 Å². The molecule has 17 nitrogen and oxygen atoms in total. The Morgan fingerprint density at radius 1 is 0.342 bits per heavy atom. The van der Waals surface area contributed by atoms with Crippen LogP contribution in [0, 0.1) is 5.92 Å². The fourth-order valence-electron chi connectivity index (χ4n) is 8.88. The number of ether oxygens (including phenoxy) is 4. The van der Waals surface area contributed by atoms with E-state index in [1.807, 2.05) is 0 Å². The number of esters is 4. The zero-order valence-corrected chi connectivity index (χ0v) is 52.3. The molecular formula is C60H116O17P2. The predicted octanol–water partition coefficient (Wildman–Crippen LogP) is 16.2. The zero-order chi connectivity index (χ0) is 58.5. The second-order valence-corrected chi connectivity index (χ2v) is 25.1. The van der Waals surface area contributed by atoms with Gasteiger partial charge in [-0.05, 0) is 31.6 Å². The van der Waals surface area contributed by atoms with Gasteiger partial charge in [0.15, 0.2) is 12.2 Å². The molecule has 0 saturated heterocycles. The molecule has 19 heteroatoms. The molecule has 0 aliphatic heterocycles. The molecule has 2 unspecified atom stereocenters. The number of aliphatic hydroxyl groups excluding tert-OH is 1. The molecule has 0 bridgehead atoms. The van der Waals surface area contributed by atoms with E-state index in [1.165, 1.54) is 116 Å². The number of phosphoric ester groups is 2. The summed E-state index contributed by atoms with van der Waals surface area (Å²) in [6, 6.07) is 0. The predicted molar refractivity (Wildman–Crippen MR) is 312 cm³/mol. The van der Waals surface area contributed by atoms with Crippen molar-refractivity contribution in [2.45, 2.75) is 316 Å². The van der Waals surface area contributed by atoms with Gasteiger partial charge in [-0.3, -0.25) is 37.3 Å². The third-order valence-electron chi connectivity index (χ3n) is 13.8. The molecule has 5 atom stereocenters. The van der Waals surface area contributed by atoms with Crippen molar-refractivity contribution < 1.29 is 80.2 Å². The van der Waals surface area contributed by atoms with E-state index in [0.29, 0.717) is 25.7 Å². The second-order valence-electron chi connectivity index (χ2n) is 22.2. The number of hydrogen-bond donors (Lipinski definition) is 3. The number of carbonyl (C=O) groups is 4. The van der Waals surface area contributed by atoms with Gasteiger partial charge >= 0.3 is 39.5 Å². The summed E-state index contributed by atoms with van der Waals surface area (Å²) in [7, 11) is -9.87. The molecule has 0 aromatic heterocycles. The first kappa shape index (κ1) is 77.1. The first-order valence-electron chi connectivity index (χ1n) is 31.6. The zero-order valence-electron chi connectivity index (χ0n) is 50.5. The van der Waals surface area contributed by atoms with Crippen LogP contribution >= 0.6 is 15.6 Å². The van der Waals surface area contributed by atoms with E-state index in [2.05, 4.69) is 34.6 Å². The second kappa shape index (κ2) is 54.0. The largest absolute Gasteiger partial charge is 0.472 e. The molecule has 468 valence electrons. The average molecular weight is 1170 g/mol. The minimum Gasteiger partial charge on any atom is -0.462 e. The van der Waals surface area contributed by atoms with Gasteiger partial charge in [-0.2, -0.15) is 0 Å². The summed E-state index contributed by atoms with van der Waals surface area (Å²) < 4.78 is 67.6. The molecular weight excluding hydrogens is 1050 g/mol. The van der Waals surface area contributed by atoms with Crippen molar-refractivity contribution in [1.29, 1.82) is 0 Å². The molecule has 0 amide bonds. The molecule has 0 heterocycles. The first-order chi connectivity index (χ1) is 38.0. The van der Waals surface area contributed by atoms with Crippen molar-refractivity contribution in [3.8, 4) is 0 Å². The molecule has 0 aromatic carbocycles. The van der Waals surface area contributed by atoms with Crippen LogP contribution in [0.3, 0.4) is 0 Å². The Morgan fingerprint density at radius 2 is 0.582 bits per heavy atom. The van der Waals surface area contributed by atoms with Crippen molar-refractivity contribution in [1.82, 2.24) is 0 Å². The summed E-state index contributed by atoms with van der Waals surface area (Å²) in [5, 5.41) is 10.5. The van der Waals surface area contributed by atoms with E-state index < -0.39 is 97.5 Å². The highest BCUT2D eigenvalue weighted by molar-refractivity contribution is 7.47. The van der Waals surface area contributed by atoms with Crippen molar-refractivity contribution in [2.75, 3.05) is 39.6 Å². The summed E-state index contributed by atoms with van der Waals surface area (Å²) in [6.45, 7) is 7.06. The molecule has 0 saturated carbocycles. The van der Waals surface area contributed by atoms with E-state index >= 15 is 0 Å². The summed E-state index contributed by atoms with van der Waals surface area (Å²) in [4.78, 5) is 71.7. The Hall–Kier alpha value is -1.94. The topological polar surface area (TPSA) is 237 Å². The van der Waals surface area contributed by atoms with E-state index in [4.69, 9.17) is 37.0 Å². The standard InChI is InChI=1S/C60H116O17P2/c1-6-9-12-15-17-19-25-29-34-39-44-58(63)71-50-56(77-60(65)46-41-36-31-27-23-21-22-24-28-33-37-42-53(4)5)52-75-79(68,69)73-48-54(61)47-72-78(66,67)74-51-55(49-70-57(62)43-38-32-14-11-8-3)76-59(64)45-40-35-30-26-20-18-16-13-10-7-2/h53-56,61H,6-52H2,1-5H3,(H,66,67)(H,68,69)/t54-,55+,56+/m0/s1. The Labute approximate surface area is 479 Å². The average Bonchev–Trinajstić information content (AvgIpc) is 3.41. The van der Waals surface area contributed by atoms with Crippen LogP contribution in [0.25, 0.3) is 0 Å². The Bertz CT molecular complexity index is 1550. The van der Waals surface area contributed by atoms with E-state index in [-0.39, 0.29) is 25.7 Å². The third kappa shape index (κ3) is 55.0. The number of phosphoric acid groups is 2. The summed E-state index contributed by atoms with van der Waals surface area (Å²) in [5.41, 5.74) is 0. The maximum atomic E-state index is 12.9. The van der Waals surface area contributed by atoms with E-state index in [9.17, 15) is 43.2 Å². The Morgan fingerprint density at radius 3 is 0.861 bits per heavy atom. The normalized spacial score (nSPS) is 14.3. The molecule has 0 aliphatic rings.